The Labute approximate surface area is 216 Å². The van der Waals surface area contributed by atoms with Gasteiger partial charge in [0.1, 0.15) is 17.6 Å². The molecule has 184 valence electrons. The molecule has 7 nitrogen and oxygen atoms in total. The van der Waals surface area contributed by atoms with Crippen molar-refractivity contribution in [3.05, 3.63) is 76.5 Å². The number of halogens is 2. The van der Waals surface area contributed by atoms with E-state index in [1.54, 1.807) is 29.1 Å². The van der Waals surface area contributed by atoms with Crippen LogP contribution in [-0.4, -0.2) is 34.2 Å². The second-order valence-electron chi connectivity index (χ2n) is 10.2. The van der Waals surface area contributed by atoms with Crippen LogP contribution in [0, 0.1) is 17.1 Å². The largest absolute Gasteiger partial charge is 0.386 e. The van der Waals surface area contributed by atoms with Gasteiger partial charge in [-0.25, -0.2) is 9.07 Å². The number of nitrogens with one attached hydrogen (secondary N) is 2. The van der Waals surface area contributed by atoms with E-state index in [1.165, 1.54) is 18.3 Å². The molecule has 0 spiro atoms. The van der Waals surface area contributed by atoms with Crippen LogP contribution >= 0.6 is 11.6 Å². The SMILES string of the molecule is [2H]C(Nc1cc(Cl)c2ncc(C#N)c(NC[Si](C)(C)C)c2c1)(c1ccc(F)cc1)c1cn(C2CC2)nn1. The van der Waals surface area contributed by atoms with E-state index < -0.39 is 19.9 Å². The molecule has 4 aromatic rings. The fraction of sp³-hybridized carbons (Fsp3) is 0.308. The Morgan fingerprint density at radius 3 is 2.69 bits per heavy atom. The Hall–Kier alpha value is -3.48. The lowest BCUT2D eigenvalue weighted by Gasteiger charge is -2.21. The van der Waals surface area contributed by atoms with E-state index in [2.05, 4.69) is 51.6 Å². The normalized spacial score (nSPS) is 15.7. The molecule has 5 rings (SSSR count). The van der Waals surface area contributed by atoms with E-state index in [1.807, 2.05) is 6.07 Å². The Balaban J connectivity index is 1.62. The zero-order valence-electron chi connectivity index (χ0n) is 21.3. The van der Waals surface area contributed by atoms with E-state index >= 15 is 0 Å². The first-order chi connectivity index (χ1) is 17.6. The third-order valence-corrected chi connectivity index (χ3v) is 7.46. The molecule has 0 radical (unpaired) electrons. The molecule has 0 amide bonds. The number of benzene rings is 2. The summed E-state index contributed by atoms with van der Waals surface area (Å²) >= 11 is 6.67. The third-order valence-electron chi connectivity index (χ3n) is 5.93. The summed E-state index contributed by atoms with van der Waals surface area (Å²) in [6, 6.07) is 10.2. The van der Waals surface area contributed by atoms with Crippen LogP contribution in [0.1, 0.15) is 43.1 Å². The van der Waals surface area contributed by atoms with Crippen molar-refractivity contribution in [3.63, 3.8) is 0 Å². The first kappa shape index (κ1) is 22.9. The van der Waals surface area contributed by atoms with Crippen LogP contribution in [0.3, 0.4) is 0 Å². The van der Waals surface area contributed by atoms with Crippen LogP contribution in [0.4, 0.5) is 15.8 Å². The van der Waals surface area contributed by atoms with E-state index in [0.717, 1.165) is 19.0 Å². The van der Waals surface area contributed by atoms with E-state index in [4.69, 9.17) is 11.6 Å². The minimum atomic E-state index is -1.58. The highest BCUT2D eigenvalue weighted by atomic mass is 35.5. The Kier molecular flexibility index (Phi) is 6.07. The van der Waals surface area contributed by atoms with Gasteiger partial charge in [0.25, 0.3) is 0 Å². The molecular weight excluding hydrogens is 493 g/mol. The topological polar surface area (TPSA) is 91.5 Å². The highest BCUT2D eigenvalue weighted by Gasteiger charge is 2.27. The Morgan fingerprint density at radius 1 is 1.28 bits per heavy atom. The lowest BCUT2D eigenvalue weighted by Crippen LogP contribution is -2.31. The number of hydrogen-bond acceptors (Lipinski definition) is 6. The van der Waals surface area contributed by atoms with Crippen molar-refractivity contribution in [1.82, 2.24) is 20.0 Å². The zero-order chi connectivity index (χ0) is 26.4. The predicted molar refractivity (Wildman–Crippen MR) is 143 cm³/mol. The van der Waals surface area contributed by atoms with Gasteiger partial charge < -0.3 is 10.6 Å². The summed E-state index contributed by atoms with van der Waals surface area (Å²) in [4.78, 5) is 4.42. The van der Waals surface area contributed by atoms with Crippen molar-refractivity contribution in [2.45, 2.75) is 44.5 Å². The lowest BCUT2D eigenvalue weighted by atomic mass is 10.0. The van der Waals surface area contributed by atoms with Gasteiger partial charge in [-0.1, -0.05) is 48.6 Å². The van der Waals surface area contributed by atoms with E-state index in [9.17, 15) is 11.0 Å². The number of anilines is 2. The second-order valence-corrected chi connectivity index (χ2v) is 16.1. The van der Waals surface area contributed by atoms with Gasteiger partial charge in [0, 0.05) is 23.4 Å². The molecule has 1 aliphatic rings. The van der Waals surface area contributed by atoms with Gasteiger partial charge >= 0.3 is 0 Å². The molecule has 2 N–H and O–H groups in total. The van der Waals surface area contributed by atoms with Crippen LogP contribution in [0.15, 0.2) is 48.8 Å². The number of hydrogen-bond donors (Lipinski definition) is 2. The molecule has 0 aliphatic heterocycles. The van der Waals surface area contributed by atoms with Crippen molar-refractivity contribution in [1.29, 1.82) is 5.26 Å². The Morgan fingerprint density at radius 2 is 2.03 bits per heavy atom. The number of rotatable bonds is 8. The van der Waals surface area contributed by atoms with Gasteiger partial charge in [-0.15, -0.1) is 5.10 Å². The predicted octanol–water partition coefficient (Wildman–Crippen LogP) is 6.32. The first-order valence-corrected chi connectivity index (χ1v) is 15.9. The molecule has 0 bridgehead atoms. The molecule has 2 aromatic heterocycles. The van der Waals surface area contributed by atoms with Crippen LogP contribution in [-0.2, 0) is 0 Å². The van der Waals surface area contributed by atoms with Crippen LogP contribution in [0.25, 0.3) is 10.9 Å². The molecule has 1 atom stereocenters. The minimum Gasteiger partial charge on any atom is -0.386 e. The Bertz CT molecular complexity index is 1510. The summed E-state index contributed by atoms with van der Waals surface area (Å²) in [5, 5.41) is 26.1. The fourth-order valence-corrected chi connectivity index (χ4v) is 4.89. The van der Waals surface area contributed by atoms with Gasteiger partial charge in [-0.3, -0.25) is 4.98 Å². The number of nitriles is 1. The molecule has 0 saturated heterocycles. The highest BCUT2D eigenvalue weighted by molar-refractivity contribution is 6.76. The average molecular weight is 521 g/mol. The quantitative estimate of drug-likeness (QED) is 0.264. The van der Waals surface area contributed by atoms with Crippen molar-refractivity contribution in [2.75, 3.05) is 16.8 Å². The van der Waals surface area contributed by atoms with Gasteiger partial charge in [-0.05, 0) is 42.7 Å². The summed E-state index contributed by atoms with van der Waals surface area (Å²) in [6.07, 6.45) is 6.11. The summed E-state index contributed by atoms with van der Waals surface area (Å²) in [6.45, 7) is 6.71. The number of fused-ring (bicyclic) bond motifs is 1. The molecule has 2 aromatic carbocycles. The van der Waals surface area contributed by atoms with Crippen LogP contribution < -0.4 is 10.6 Å². The average Bonchev–Trinajstić information content (AvgIpc) is 3.58. The van der Waals surface area contributed by atoms with Gasteiger partial charge in [0.2, 0.25) is 0 Å². The van der Waals surface area contributed by atoms with E-state index in [-0.39, 0.29) is 0 Å². The van der Waals surface area contributed by atoms with Crippen LogP contribution in [0.5, 0.6) is 0 Å². The van der Waals surface area contributed by atoms with Gasteiger partial charge in [0.15, 0.2) is 0 Å². The van der Waals surface area contributed by atoms with Crippen molar-refractivity contribution in [3.8, 4) is 6.07 Å². The van der Waals surface area contributed by atoms with E-state index in [0.29, 0.717) is 50.2 Å². The molecule has 1 saturated carbocycles. The van der Waals surface area contributed by atoms with Crippen molar-refractivity contribution in [2.24, 2.45) is 0 Å². The summed E-state index contributed by atoms with van der Waals surface area (Å²) in [7, 11) is -1.49. The monoisotopic (exact) mass is 520 g/mol. The summed E-state index contributed by atoms with van der Waals surface area (Å²) in [5.74, 6) is -0.394. The maximum atomic E-state index is 13.8. The van der Waals surface area contributed by atoms with Gasteiger partial charge in [0.05, 0.1) is 49.5 Å². The molecule has 1 fully saturated rings. The zero-order valence-corrected chi connectivity index (χ0v) is 22.1. The fourth-order valence-electron chi connectivity index (χ4n) is 3.91. The standard InChI is InChI=1S/C26H27ClFN7Si/c1-36(2,3)15-31-24-17(12-29)13-30-26-21(24)10-19(11-22(26)27)32-25(16-4-6-18(28)7-5-16)23-14-35(34-33-23)20-8-9-20/h4-7,10-11,13-14,20,25,32H,8-9,15H2,1-3H3,(H,30,31)/i25D. The lowest BCUT2D eigenvalue weighted by molar-refractivity contribution is 0.610. The number of aromatic nitrogens is 4. The highest BCUT2D eigenvalue weighted by Crippen LogP contribution is 2.37. The van der Waals surface area contributed by atoms with Crippen molar-refractivity contribution < 1.29 is 5.76 Å². The smallest absolute Gasteiger partial charge is 0.123 e. The van der Waals surface area contributed by atoms with Crippen molar-refractivity contribution >= 4 is 42.0 Å². The molecule has 1 aliphatic carbocycles. The second kappa shape index (κ2) is 9.52. The number of nitrogens with zero attached hydrogens (tertiary/aromatic N) is 5. The maximum Gasteiger partial charge on any atom is 0.123 e. The number of pyridine rings is 1. The first-order valence-electron chi connectivity index (χ1n) is 12.3. The molecule has 10 heteroatoms. The third kappa shape index (κ3) is 5.20. The molecule has 36 heavy (non-hydrogen) atoms. The molecule has 2 heterocycles. The van der Waals surface area contributed by atoms with Gasteiger partial charge in [-0.2, -0.15) is 5.26 Å². The van der Waals surface area contributed by atoms with Crippen LogP contribution in [0.2, 0.25) is 24.7 Å². The summed E-state index contributed by atoms with van der Waals surface area (Å²) in [5.41, 5.74) is 3.05. The maximum absolute atomic E-state index is 13.8. The molecule has 1 unspecified atom stereocenters. The summed E-state index contributed by atoms with van der Waals surface area (Å²) < 4.78 is 25.0. The minimum absolute atomic E-state index is 0.296. The molecular formula is C26H27ClFN7Si.